The molecule has 0 radical (unpaired) electrons. The first-order valence-corrected chi connectivity index (χ1v) is 9.45. The van der Waals surface area contributed by atoms with Crippen LogP contribution in [0.1, 0.15) is 24.4 Å². The van der Waals surface area contributed by atoms with Gasteiger partial charge in [-0.25, -0.2) is 4.98 Å². The van der Waals surface area contributed by atoms with Crippen LogP contribution in [-0.4, -0.2) is 31.6 Å². The largest absolute Gasteiger partial charge is 0.369 e. The van der Waals surface area contributed by atoms with E-state index >= 15 is 0 Å². The lowest BCUT2D eigenvalue weighted by atomic mass is 10.1. The Morgan fingerprint density at radius 2 is 2.07 bits per heavy atom. The van der Waals surface area contributed by atoms with Gasteiger partial charge in [0.05, 0.1) is 22.3 Å². The maximum atomic E-state index is 11.2. The number of nitrogens with two attached hydrogens (primary N) is 2. The number of primary amides is 1. The van der Waals surface area contributed by atoms with Crippen molar-refractivity contribution in [3.8, 4) is 0 Å². The maximum Gasteiger partial charge on any atom is 0.228 e. The Morgan fingerprint density at radius 1 is 1.30 bits per heavy atom. The summed E-state index contributed by atoms with van der Waals surface area (Å²) < 4.78 is 0. The fourth-order valence-corrected chi connectivity index (χ4v) is 3.63. The van der Waals surface area contributed by atoms with Crippen LogP contribution in [0.5, 0.6) is 0 Å². The van der Waals surface area contributed by atoms with Gasteiger partial charge in [-0.2, -0.15) is 15.0 Å². The molecule has 0 aliphatic heterocycles. The van der Waals surface area contributed by atoms with Gasteiger partial charge in [-0.05, 0) is 26.0 Å². The number of anilines is 2. The average Bonchev–Trinajstić information content (AvgIpc) is 2.58. The quantitative estimate of drug-likeness (QED) is 0.535. The highest BCUT2D eigenvalue weighted by atomic mass is 35.5. The van der Waals surface area contributed by atoms with E-state index in [1.807, 2.05) is 25.1 Å². The number of carbonyl (C=O) groups is 1. The molecule has 8 nitrogen and oxygen atoms in total. The number of aromatic nitrogens is 4. The SMILES string of the molecule is Cc1nc(N)nc(NC(C)c2cc3cccc(Cl)c3nc2SCC(N)=O)n1. The molecule has 1 aromatic carbocycles. The predicted octanol–water partition coefficient (Wildman–Crippen LogP) is 2.71. The van der Waals surface area contributed by atoms with Crippen molar-refractivity contribution in [1.82, 2.24) is 19.9 Å². The van der Waals surface area contributed by atoms with Crippen LogP contribution in [-0.2, 0) is 4.79 Å². The molecule has 5 N–H and O–H groups in total. The van der Waals surface area contributed by atoms with Crippen molar-refractivity contribution < 1.29 is 4.79 Å². The van der Waals surface area contributed by atoms with E-state index in [2.05, 4.69) is 25.3 Å². The van der Waals surface area contributed by atoms with Crippen LogP contribution in [0.2, 0.25) is 5.02 Å². The Bertz CT molecular complexity index is 994. The molecule has 140 valence electrons. The Balaban J connectivity index is 2.01. The zero-order chi connectivity index (χ0) is 19.6. The molecular formula is C17H18ClN7OS. The van der Waals surface area contributed by atoms with Crippen molar-refractivity contribution in [2.45, 2.75) is 24.9 Å². The maximum absolute atomic E-state index is 11.2. The number of benzene rings is 1. The van der Waals surface area contributed by atoms with E-state index < -0.39 is 5.91 Å². The van der Waals surface area contributed by atoms with Gasteiger partial charge in [0.25, 0.3) is 0 Å². The summed E-state index contributed by atoms with van der Waals surface area (Å²) in [4.78, 5) is 28.2. The number of fused-ring (bicyclic) bond motifs is 1. The fraction of sp³-hybridized carbons (Fsp3) is 0.235. The van der Waals surface area contributed by atoms with E-state index in [4.69, 9.17) is 23.1 Å². The van der Waals surface area contributed by atoms with Gasteiger partial charge in [-0.1, -0.05) is 35.5 Å². The summed E-state index contributed by atoms with van der Waals surface area (Å²) in [5.41, 5.74) is 12.5. The number of nitrogens with zero attached hydrogens (tertiary/aromatic N) is 4. The highest BCUT2D eigenvalue weighted by Crippen LogP contribution is 2.32. The van der Waals surface area contributed by atoms with Gasteiger partial charge < -0.3 is 16.8 Å². The molecule has 0 spiro atoms. The molecule has 1 unspecified atom stereocenters. The van der Waals surface area contributed by atoms with Gasteiger partial charge in [0.15, 0.2) is 0 Å². The fourth-order valence-electron chi connectivity index (χ4n) is 2.57. The smallest absolute Gasteiger partial charge is 0.228 e. The van der Waals surface area contributed by atoms with Crippen molar-refractivity contribution in [3.05, 3.63) is 40.7 Å². The van der Waals surface area contributed by atoms with Gasteiger partial charge in [-0.15, -0.1) is 0 Å². The van der Waals surface area contributed by atoms with Crippen LogP contribution < -0.4 is 16.8 Å². The Kier molecular flexibility index (Phi) is 5.62. The molecule has 2 heterocycles. The summed E-state index contributed by atoms with van der Waals surface area (Å²) in [6, 6.07) is 7.33. The Hall–Kier alpha value is -2.65. The second kappa shape index (κ2) is 7.93. The van der Waals surface area contributed by atoms with E-state index in [0.717, 1.165) is 10.9 Å². The number of pyridine rings is 1. The lowest BCUT2D eigenvalue weighted by Gasteiger charge is -2.18. The van der Waals surface area contributed by atoms with Crippen LogP contribution in [0, 0.1) is 6.92 Å². The molecule has 27 heavy (non-hydrogen) atoms. The van der Waals surface area contributed by atoms with Crippen LogP contribution in [0.3, 0.4) is 0 Å². The van der Waals surface area contributed by atoms with E-state index in [-0.39, 0.29) is 17.7 Å². The standard InChI is InChI=1S/C17H18ClN7OS/c1-8(21-17-23-9(2)22-16(20)25-17)11-6-10-4-3-5-12(18)14(10)24-15(11)27-7-13(19)26/h3-6,8H,7H2,1-2H3,(H2,19,26)(H3,20,21,22,23,25). The Labute approximate surface area is 165 Å². The number of hydrogen-bond donors (Lipinski definition) is 3. The van der Waals surface area contributed by atoms with E-state index in [1.54, 1.807) is 13.0 Å². The zero-order valence-corrected chi connectivity index (χ0v) is 16.3. The van der Waals surface area contributed by atoms with Crippen molar-refractivity contribution >= 4 is 52.1 Å². The molecule has 0 saturated carbocycles. The summed E-state index contributed by atoms with van der Waals surface area (Å²) in [5.74, 6) is 0.714. The van der Waals surface area contributed by atoms with Gasteiger partial charge >= 0.3 is 0 Å². The third-order valence-corrected chi connectivity index (χ3v) is 5.05. The Morgan fingerprint density at radius 3 is 2.78 bits per heavy atom. The molecule has 0 aliphatic rings. The monoisotopic (exact) mass is 403 g/mol. The van der Waals surface area contributed by atoms with E-state index in [9.17, 15) is 4.79 Å². The van der Waals surface area contributed by atoms with Crippen LogP contribution >= 0.6 is 23.4 Å². The second-order valence-corrected chi connectivity index (χ2v) is 7.25. The van der Waals surface area contributed by atoms with Crippen molar-refractivity contribution in [3.63, 3.8) is 0 Å². The molecular weight excluding hydrogens is 386 g/mol. The number of nitrogen functional groups attached to an aromatic ring is 1. The number of amides is 1. The first-order chi connectivity index (χ1) is 12.8. The molecule has 1 atom stereocenters. The second-order valence-electron chi connectivity index (χ2n) is 5.88. The van der Waals surface area contributed by atoms with Crippen molar-refractivity contribution in [2.75, 3.05) is 16.8 Å². The minimum Gasteiger partial charge on any atom is -0.369 e. The number of nitrogens with one attached hydrogen (secondary N) is 1. The molecule has 0 fully saturated rings. The van der Waals surface area contributed by atoms with Crippen LogP contribution in [0.25, 0.3) is 10.9 Å². The molecule has 3 rings (SSSR count). The molecule has 1 amide bonds. The average molecular weight is 404 g/mol. The van der Waals surface area contributed by atoms with Crippen LogP contribution in [0.4, 0.5) is 11.9 Å². The van der Waals surface area contributed by atoms with Crippen LogP contribution in [0.15, 0.2) is 29.3 Å². The predicted molar refractivity (Wildman–Crippen MR) is 108 cm³/mol. The van der Waals surface area contributed by atoms with Gasteiger partial charge in [0.1, 0.15) is 10.9 Å². The van der Waals surface area contributed by atoms with Gasteiger partial charge in [-0.3, -0.25) is 4.79 Å². The normalized spacial score (nSPS) is 12.1. The topological polar surface area (TPSA) is 133 Å². The van der Waals surface area contributed by atoms with Crippen molar-refractivity contribution in [2.24, 2.45) is 5.73 Å². The number of hydrogen-bond acceptors (Lipinski definition) is 8. The van der Waals surface area contributed by atoms with Gasteiger partial charge in [0, 0.05) is 10.9 Å². The summed E-state index contributed by atoms with van der Waals surface area (Å²) in [5, 5.41) is 5.30. The zero-order valence-electron chi connectivity index (χ0n) is 14.7. The first kappa shape index (κ1) is 19.1. The summed E-state index contributed by atoms with van der Waals surface area (Å²) >= 11 is 7.53. The molecule has 2 aromatic heterocycles. The number of halogens is 1. The molecule has 0 aliphatic carbocycles. The minimum atomic E-state index is -0.423. The summed E-state index contributed by atoms with van der Waals surface area (Å²) in [7, 11) is 0. The molecule has 0 bridgehead atoms. The highest BCUT2D eigenvalue weighted by molar-refractivity contribution is 7.99. The lowest BCUT2D eigenvalue weighted by molar-refractivity contribution is -0.115. The number of rotatable bonds is 6. The number of aryl methyl sites for hydroxylation is 1. The molecule has 3 aromatic rings. The summed E-state index contributed by atoms with van der Waals surface area (Å²) in [6.07, 6.45) is 0. The number of thioether (sulfide) groups is 1. The third kappa shape index (κ3) is 4.55. The molecule has 10 heteroatoms. The van der Waals surface area contributed by atoms with E-state index in [0.29, 0.717) is 27.3 Å². The summed E-state index contributed by atoms with van der Waals surface area (Å²) in [6.45, 7) is 3.68. The van der Waals surface area contributed by atoms with E-state index in [1.165, 1.54) is 11.8 Å². The number of carbonyl (C=O) groups excluding carboxylic acids is 1. The highest BCUT2D eigenvalue weighted by Gasteiger charge is 2.17. The first-order valence-electron chi connectivity index (χ1n) is 8.08. The lowest BCUT2D eigenvalue weighted by Crippen LogP contribution is -2.15. The van der Waals surface area contributed by atoms with Gasteiger partial charge in [0.2, 0.25) is 17.8 Å². The minimum absolute atomic E-state index is 0.112. The third-order valence-electron chi connectivity index (χ3n) is 3.72. The number of para-hydroxylation sites is 1. The molecule has 0 saturated heterocycles. The van der Waals surface area contributed by atoms with Crippen molar-refractivity contribution in [1.29, 1.82) is 0 Å².